The number of nitrogens with one attached hydrogen (secondary N) is 1. The number of rotatable bonds is 6. The van der Waals surface area contributed by atoms with Crippen LogP contribution in [0.15, 0.2) is 12.1 Å². The second-order valence-electron chi connectivity index (χ2n) is 6.41. The van der Waals surface area contributed by atoms with Gasteiger partial charge in [0.1, 0.15) is 0 Å². The Hall–Kier alpha value is -1.06. The third-order valence-electron chi connectivity index (χ3n) is 4.83. The predicted octanol–water partition coefficient (Wildman–Crippen LogP) is 1.86. The van der Waals surface area contributed by atoms with Gasteiger partial charge in [0.05, 0.1) is 27.4 Å². The van der Waals surface area contributed by atoms with Gasteiger partial charge in [-0.25, -0.2) is 0 Å². The van der Waals surface area contributed by atoms with Gasteiger partial charge in [-0.1, -0.05) is 0 Å². The monoisotopic (exact) mass is 453 g/mol. The normalized spacial score (nSPS) is 19.4. The number of methoxy groups -OCH3 is 3. The lowest BCUT2D eigenvalue weighted by Gasteiger charge is -2.36. The Morgan fingerprint density at radius 1 is 1.07 bits per heavy atom. The molecule has 10 heteroatoms. The molecule has 1 atom stereocenters. The average Bonchev–Trinajstić information content (AvgIpc) is 3.22. The molecule has 2 aliphatic heterocycles. The van der Waals surface area contributed by atoms with Gasteiger partial charge < -0.3 is 19.1 Å². The number of thioether (sulfide) groups is 1. The summed E-state index contributed by atoms with van der Waals surface area (Å²) in [4.78, 5) is 16.8. The Morgan fingerprint density at radius 2 is 1.68 bits per heavy atom. The highest BCUT2D eigenvalue weighted by Crippen LogP contribution is 2.38. The van der Waals surface area contributed by atoms with E-state index in [0.717, 1.165) is 49.9 Å². The van der Waals surface area contributed by atoms with Crippen LogP contribution < -0.4 is 19.5 Å². The van der Waals surface area contributed by atoms with Crippen molar-refractivity contribution in [1.82, 2.24) is 15.1 Å². The molecule has 2 aliphatic rings. The molecular formula is C18H29Cl2N3O4S. The van der Waals surface area contributed by atoms with Crippen molar-refractivity contribution >= 4 is 42.5 Å². The van der Waals surface area contributed by atoms with E-state index in [4.69, 9.17) is 14.2 Å². The molecule has 0 saturated carbocycles. The van der Waals surface area contributed by atoms with E-state index in [1.807, 2.05) is 17.0 Å². The quantitative estimate of drug-likeness (QED) is 0.704. The van der Waals surface area contributed by atoms with Gasteiger partial charge in [-0.2, -0.15) is 0 Å². The molecule has 1 aromatic carbocycles. The van der Waals surface area contributed by atoms with Gasteiger partial charge in [-0.15, -0.1) is 36.6 Å². The molecule has 2 fully saturated rings. The van der Waals surface area contributed by atoms with Crippen LogP contribution >= 0.6 is 36.6 Å². The first-order valence-electron chi connectivity index (χ1n) is 8.77. The number of halogens is 2. The smallest absolute Gasteiger partial charge is 0.240 e. The lowest BCUT2D eigenvalue weighted by Crippen LogP contribution is -2.53. The van der Waals surface area contributed by atoms with E-state index in [9.17, 15) is 4.79 Å². The number of ether oxygens (including phenoxy) is 3. The second-order valence-corrected chi connectivity index (χ2v) is 7.44. The highest BCUT2D eigenvalue weighted by Gasteiger charge is 2.29. The van der Waals surface area contributed by atoms with Gasteiger partial charge in [0.15, 0.2) is 11.5 Å². The van der Waals surface area contributed by atoms with E-state index in [1.165, 1.54) is 0 Å². The standard InChI is InChI=1S/C18H27N3O4S.2ClH/c1-23-15-8-13(9-16(24-2)17(15)25-3)10-20-4-6-21(7-5-20)18(22)14-11-26-12-19-14;;/h8-9,14,19H,4-7,10-12H2,1-3H3;2*1H. The molecule has 0 aromatic heterocycles. The SMILES string of the molecule is COc1cc(CN2CCN(C(=O)C3CSCN3)CC2)cc(OC)c1OC.Cl.Cl. The number of carbonyl (C=O) groups excluding carboxylic acids is 1. The van der Waals surface area contributed by atoms with Gasteiger partial charge in [0, 0.05) is 44.4 Å². The molecule has 1 unspecified atom stereocenters. The number of benzene rings is 1. The first kappa shape index (κ1) is 25.0. The molecule has 0 spiro atoms. The lowest BCUT2D eigenvalue weighted by molar-refractivity contribution is -0.134. The summed E-state index contributed by atoms with van der Waals surface area (Å²) < 4.78 is 16.2. The van der Waals surface area contributed by atoms with Crippen LogP contribution in [0.1, 0.15) is 5.56 Å². The van der Waals surface area contributed by atoms with Crippen LogP contribution in [0, 0.1) is 0 Å². The van der Waals surface area contributed by atoms with E-state index < -0.39 is 0 Å². The van der Waals surface area contributed by atoms with Crippen molar-refractivity contribution in [3.8, 4) is 17.2 Å². The summed E-state index contributed by atoms with van der Waals surface area (Å²) in [5, 5.41) is 3.26. The van der Waals surface area contributed by atoms with E-state index in [-0.39, 0.29) is 36.8 Å². The molecular weight excluding hydrogens is 425 g/mol. The molecule has 28 heavy (non-hydrogen) atoms. The minimum atomic E-state index is -0.0124. The number of hydrogen-bond donors (Lipinski definition) is 1. The van der Waals surface area contributed by atoms with Crippen LogP contribution in [0.5, 0.6) is 17.2 Å². The van der Waals surface area contributed by atoms with Crippen molar-refractivity contribution in [2.75, 3.05) is 59.1 Å². The second kappa shape index (κ2) is 11.8. The van der Waals surface area contributed by atoms with Crippen molar-refractivity contribution in [2.24, 2.45) is 0 Å². The Morgan fingerprint density at radius 3 is 2.14 bits per heavy atom. The molecule has 1 amide bonds. The maximum atomic E-state index is 12.5. The van der Waals surface area contributed by atoms with Crippen LogP contribution in [-0.4, -0.2) is 80.9 Å². The molecule has 3 rings (SSSR count). The van der Waals surface area contributed by atoms with Crippen molar-refractivity contribution in [3.63, 3.8) is 0 Å². The van der Waals surface area contributed by atoms with Crippen molar-refractivity contribution < 1.29 is 19.0 Å². The van der Waals surface area contributed by atoms with Crippen molar-refractivity contribution in [2.45, 2.75) is 12.6 Å². The average molecular weight is 454 g/mol. The van der Waals surface area contributed by atoms with E-state index in [1.54, 1.807) is 33.1 Å². The van der Waals surface area contributed by atoms with E-state index in [2.05, 4.69) is 10.2 Å². The lowest BCUT2D eigenvalue weighted by atomic mass is 10.1. The molecule has 0 radical (unpaired) electrons. The molecule has 1 N–H and O–H groups in total. The van der Waals surface area contributed by atoms with Crippen LogP contribution in [0.3, 0.4) is 0 Å². The largest absolute Gasteiger partial charge is 0.493 e. The minimum absolute atomic E-state index is 0. The highest BCUT2D eigenvalue weighted by molar-refractivity contribution is 7.99. The molecule has 0 aliphatic carbocycles. The Balaban J connectivity index is 0.00000196. The number of carbonyl (C=O) groups is 1. The summed E-state index contributed by atoms with van der Waals surface area (Å²) in [5.74, 6) is 3.93. The fraction of sp³-hybridized carbons (Fsp3) is 0.611. The zero-order valence-corrected chi connectivity index (χ0v) is 18.9. The molecule has 0 bridgehead atoms. The van der Waals surface area contributed by atoms with Crippen LogP contribution in [0.25, 0.3) is 0 Å². The third kappa shape index (κ3) is 5.73. The van der Waals surface area contributed by atoms with Crippen LogP contribution in [0.2, 0.25) is 0 Å². The summed E-state index contributed by atoms with van der Waals surface area (Å²) in [5.41, 5.74) is 1.10. The van der Waals surface area contributed by atoms with Crippen molar-refractivity contribution in [3.05, 3.63) is 17.7 Å². The van der Waals surface area contributed by atoms with E-state index in [0.29, 0.717) is 17.2 Å². The predicted molar refractivity (Wildman–Crippen MR) is 117 cm³/mol. The van der Waals surface area contributed by atoms with Crippen LogP contribution in [-0.2, 0) is 11.3 Å². The fourth-order valence-electron chi connectivity index (χ4n) is 3.39. The summed E-state index contributed by atoms with van der Waals surface area (Å²) in [6, 6.07) is 3.96. The Bertz CT molecular complexity index is 614. The Kier molecular flexibility index (Phi) is 10.5. The number of piperazine rings is 1. The minimum Gasteiger partial charge on any atom is -0.493 e. The number of hydrogen-bond acceptors (Lipinski definition) is 7. The van der Waals surface area contributed by atoms with Gasteiger partial charge in [-0.3, -0.25) is 15.0 Å². The fourth-order valence-corrected chi connectivity index (χ4v) is 4.32. The molecule has 2 saturated heterocycles. The molecule has 160 valence electrons. The molecule has 1 aromatic rings. The first-order valence-corrected chi connectivity index (χ1v) is 9.93. The summed E-state index contributed by atoms with van der Waals surface area (Å²) >= 11 is 1.78. The third-order valence-corrected chi connectivity index (χ3v) is 5.77. The van der Waals surface area contributed by atoms with Gasteiger partial charge in [0.25, 0.3) is 0 Å². The molecule has 7 nitrogen and oxygen atoms in total. The number of amides is 1. The topological polar surface area (TPSA) is 63.3 Å². The summed E-state index contributed by atoms with van der Waals surface area (Å²) in [6.07, 6.45) is 0. The maximum Gasteiger partial charge on any atom is 0.240 e. The van der Waals surface area contributed by atoms with Crippen molar-refractivity contribution in [1.29, 1.82) is 0 Å². The first-order chi connectivity index (χ1) is 12.7. The van der Waals surface area contributed by atoms with Gasteiger partial charge in [-0.05, 0) is 17.7 Å². The summed E-state index contributed by atoms with van der Waals surface area (Å²) in [7, 11) is 4.86. The van der Waals surface area contributed by atoms with Gasteiger partial charge in [0.2, 0.25) is 11.7 Å². The van der Waals surface area contributed by atoms with E-state index >= 15 is 0 Å². The van der Waals surface area contributed by atoms with Crippen LogP contribution in [0.4, 0.5) is 0 Å². The Labute approximate surface area is 183 Å². The zero-order chi connectivity index (χ0) is 18.5. The maximum absolute atomic E-state index is 12.5. The molecule has 2 heterocycles. The number of nitrogens with zero attached hydrogens (tertiary/aromatic N) is 2. The zero-order valence-electron chi connectivity index (χ0n) is 16.4. The van der Waals surface area contributed by atoms with Gasteiger partial charge >= 0.3 is 0 Å². The highest BCUT2D eigenvalue weighted by atomic mass is 35.5. The summed E-state index contributed by atoms with van der Waals surface area (Å²) in [6.45, 7) is 4.05.